The van der Waals surface area contributed by atoms with Gasteiger partial charge in [-0.1, -0.05) is 12.1 Å². The Balaban J connectivity index is 2.29. The number of para-hydroxylation sites is 1. The van der Waals surface area contributed by atoms with Gasteiger partial charge in [0.2, 0.25) is 5.91 Å². The number of carbonyl (C=O) groups is 2. The molecule has 0 radical (unpaired) electrons. The largest absolute Gasteiger partial charge is 0.481 e. The van der Waals surface area contributed by atoms with Crippen molar-refractivity contribution in [3.05, 3.63) is 24.3 Å². The normalized spacial score (nSPS) is 19.4. The topological polar surface area (TPSA) is 57.6 Å². The number of aliphatic carboxylic acids is 1. The van der Waals surface area contributed by atoms with Gasteiger partial charge in [-0.05, 0) is 23.9 Å². The number of amides is 1. The van der Waals surface area contributed by atoms with Crippen LogP contribution < -0.4 is 4.90 Å². The lowest BCUT2D eigenvalue weighted by Crippen LogP contribution is -2.26. The summed E-state index contributed by atoms with van der Waals surface area (Å²) in [6.45, 7) is -0.108. The van der Waals surface area contributed by atoms with E-state index in [0.29, 0.717) is 0 Å². The van der Waals surface area contributed by atoms with Gasteiger partial charge in [0, 0.05) is 17.9 Å². The van der Waals surface area contributed by atoms with Crippen molar-refractivity contribution in [3.63, 3.8) is 0 Å². The summed E-state index contributed by atoms with van der Waals surface area (Å²) >= 11 is -0.315. The Bertz CT molecular complexity index is 547. The second-order valence-electron chi connectivity index (χ2n) is 4.26. The van der Waals surface area contributed by atoms with Crippen LogP contribution in [0.3, 0.4) is 0 Å². The zero-order chi connectivity index (χ0) is 14.9. The molecule has 108 valence electrons. The monoisotopic (exact) mass is 305 g/mol. The summed E-state index contributed by atoms with van der Waals surface area (Å²) in [5.41, 5.74) is -4.37. The second-order valence-corrected chi connectivity index (χ2v) is 5.37. The molecule has 1 N–H and O–H groups in total. The van der Waals surface area contributed by atoms with E-state index in [1.807, 2.05) is 0 Å². The van der Waals surface area contributed by atoms with E-state index < -0.39 is 23.3 Å². The van der Waals surface area contributed by atoms with Gasteiger partial charge in [0.05, 0.1) is 11.6 Å². The maximum absolute atomic E-state index is 12.5. The zero-order valence-electron chi connectivity index (χ0n) is 10.1. The van der Waals surface area contributed by atoms with E-state index in [-0.39, 0.29) is 35.3 Å². The maximum Gasteiger partial charge on any atom is 0.446 e. The number of carboxylic acid groups (broad SMARTS) is 1. The minimum atomic E-state index is -4.47. The number of rotatable bonds is 3. The quantitative estimate of drug-likeness (QED) is 0.872. The number of hydrogen-bond acceptors (Lipinski definition) is 3. The highest BCUT2D eigenvalue weighted by Crippen LogP contribution is 2.42. The fourth-order valence-electron chi connectivity index (χ4n) is 2.00. The number of halogens is 3. The van der Waals surface area contributed by atoms with Crippen LogP contribution in [-0.4, -0.2) is 29.0 Å². The third kappa shape index (κ3) is 3.24. The molecule has 0 aromatic heterocycles. The van der Waals surface area contributed by atoms with Crippen molar-refractivity contribution in [1.82, 2.24) is 0 Å². The van der Waals surface area contributed by atoms with Crippen molar-refractivity contribution in [2.24, 2.45) is 5.92 Å². The van der Waals surface area contributed by atoms with E-state index in [1.54, 1.807) is 0 Å². The van der Waals surface area contributed by atoms with Gasteiger partial charge in [-0.15, -0.1) is 0 Å². The first-order chi connectivity index (χ1) is 9.28. The average Bonchev–Trinajstić information content (AvgIpc) is 2.70. The van der Waals surface area contributed by atoms with Crippen molar-refractivity contribution in [1.29, 1.82) is 0 Å². The van der Waals surface area contributed by atoms with Crippen molar-refractivity contribution >= 4 is 29.3 Å². The molecule has 4 nitrogen and oxygen atoms in total. The van der Waals surface area contributed by atoms with Crippen LogP contribution in [0, 0.1) is 5.92 Å². The summed E-state index contributed by atoms with van der Waals surface area (Å²) in [6.07, 6.45) is -0.194. The molecule has 1 aromatic carbocycles. The highest BCUT2D eigenvalue weighted by Gasteiger charge is 2.37. The molecule has 1 heterocycles. The molecule has 0 aliphatic carbocycles. The van der Waals surface area contributed by atoms with Crippen molar-refractivity contribution in [3.8, 4) is 0 Å². The Kier molecular flexibility index (Phi) is 3.94. The third-order valence-electron chi connectivity index (χ3n) is 2.86. The lowest BCUT2D eigenvalue weighted by molar-refractivity contribution is -0.141. The summed E-state index contributed by atoms with van der Waals surface area (Å²) < 4.78 is 37.4. The fourth-order valence-corrected chi connectivity index (χ4v) is 2.68. The standard InChI is InChI=1S/C12H10F3NO3S/c13-12(14,15)20-9-4-2-1-3-8(9)16-6-7(11(18)19)5-10(16)17/h1-4,7H,5-6H2,(H,18,19). The summed E-state index contributed by atoms with van der Waals surface area (Å²) in [5, 5.41) is 8.89. The predicted octanol–water partition coefficient (Wildman–Crippen LogP) is 2.74. The van der Waals surface area contributed by atoms with Gasteiger partial charge in [0.15, 0.2) is 0 Å². The van der Waals surface area contributed by atoms with Gasteiger partial charge in [0.25, 0.3) is 0 Å². The Morgan fingerprint density at radius 3 is 2.55 bits per heavy atom. The van der Waals surface area contributed by atoms with Crippen LogP contribution in [0.15, 0.2) is 29.2 Å². The second kappa shape index (κ2) is 5.35. The first kappa shape index (κ1) is 14.7. The lowest BCUT2D eigenvalue weighted by atomic mass is 10.1. The number of benzene rings is 1. The van der Waals surface area contributed by atoms with Crippen LogP contribution >= 0.6 is 11.8 Å². The van der Waals surface area contributed by atoms with Gasteiger partial charge < -0.3 is 10.0 Å². The number of alkyl halides is 3. The van der Waals surface area contributed by atoms with Gasteiger partial charge >= 0.3 is 11.5 Å². The fraction of sp³-hybridized carbons (Fsp3) is 0.333. The van der Waals surface area contributed by atoms with E-state index >= 15 is 0 Å². The molecule has 1 aliphatic rings. The molecule has 1 aromatic rings. The molecule has 20 heavy (non-hydrogen) atoms. The molecule has 1 atom stereocenters. The van der Waals surface area contributed by atoms with Crippen LogP contribution in [0.2, 0.25) is 0 Å². The highest BCUT2D eigenvalue weighted by molar-refractivity contribution is 8.00. The van der Waals surface area contributed by atoms with Crippen molar-refractivity contribution in [2.75, 3.05) is 11.4 Å². The minimum Gasteiger partial charge on any atom is -0.481 e. The number of anilines is 1. The molecular weight excluding hydrogens is 295 g/mol. The number of hydrogen-bond donors (Lipinski definition) is 1. The van der Waals surface area contributed by atoms with E-state index in [9.17, 15) is 22.8 Å². The Morgan fingerprint density at radius 2 is 2.00 bits per heavy atom. The summed E-state index contributed by atoms with van der Waals surface area (Å²) in [5.74, 6) is -2.49. The van der Waals surface area contributed by atoms with Gasteiger partial charge in [-0.3, -0.25) is 9.59 Å². The van der Waals surface area contributed by atoms with E-state index in [4.69, 9.17) is 5.11 Å². The van der Waals surface area contributed by atoms with Crippen LogP contribution in [0.4, 0.5) is 18.9 Å². The Hall–Kier alpha value is -1.70. The van der Waals surface area contributed by atoms with Crippen LogP contribution in [0.25, 0.3) is 0 Å². The summed E-state index contributed by atoms with van der Waals surface area (Å²) in [4.78, 5) is 23.6. The van der Waals surface area contributed by atoms with Crippen molar-refractivity contribution < 1.29 is 27.9 Å². The first-order valence-corrected chi connectivity index (χ1v) is 6.47. The van der Waals surface area contributed by atoms with Crippen LogP contribution in [-0.2, 0) is 9.59 Å². The molecule has 0 spiro atoms. The van der Waals surface area contributed by atoms with Crippen LogP contribution in [0.1, 0.15) is 6.42 Å². The SMILES string of the molecule is O=C(O)C1CC(=O)N(c2ccccc2SC(F)(F)F)C1. The van der Waals surface area contributed by atoms with E-state index in [2.05, 4.69) is 0 Å². The average molecular weight is 305 g/mol. The first-order valence-electron chi connectivity index (χ1n) is 5.66. The summed E-state index contributed by atoms with van der Waals surface area (Å²) in [7, 11) is 0. The highest BCUT2D eigenvalue weighted by atomic mass is 32.2. The van der Waals surface area contributed by atoms with Gasteiger partial charge in [0.1, 0.15) is 0 Å². The maximum atomic E-state index is 12.5. The van der Waals surface area contributed by atoms with Gasteiger partial charge in [-0.25, -0.2) is 0 Å². The number of carboxylic acids is 1. The molecule has 1 saturated heterocycles. The number of thioether (sulfide) groups is 1. The smallest absolute Gasteiger partial charge is 0.446 e. The lowest BCUT2D eigenvalue weighted by Gasteiger charge is -2.20. The Labute approximate surface area is 116 Å². The van der Waals surface area contributed by atoms with Gasteiger partial charge in [-0.2, -0.15) is 13.2 Å². The molecule has 1 unspecified atom stereocenters. The number of carbonyl (C=O) groups excluding carboxylic acids is 1. The predicted molar refractivity (Wildman–Crippen MR) is 66.4 cm³/mol. The molecule has 1 amide bonds. The number of nitrogens with zero attached hydrogens (tertiary/aromatic N) is 1. The van der Waals surface area contributed by atoms with E-state index in [0.717, 1.165) is 4.90 Å². The molecule has 1 fully saturated rings. The van der Waals surface area contributed by atoms with Crippen LogP contribution in [0.5, 0.6) is 0 Å². The minimum absolute atomic E-state index is 0.101. The molecule has 1 aliphatic heterocycles. The van der Waals surface area contributed by atoms with E-state index in [1.165, 1.54) is 24.3 Å². The zero-order valence-corrected chi connectivity index (χ0v) is 10.9. The third-order valence-corrected chi connectivity index (χ3v) is 3.65. The summed E-state index contributed by atoms with van der Waals surface area (Å²) in [6, 6.07) is 5.59. The molecule has 0 bridgehead atoms. The molecule has 8 heteroatoms. The molecular formula is C12H10F3NO3S. The Morgan fingerprint density at radius 1 is 1.35 bits per heavy atom. The molecule has 2 rings (SSSR count). The molecule has 0 saturated carbocycles. The van der Waals surface area contributed by atoms with Crippen molar-refractivity contribution in [2.45, 2.75) is 16.8 Å².